The van der Waals surface area contributed by atoms with Crippen LogP contribution < -0.4 is 10.1 Å². The van der Waals surface area contributed by atoms with Gasteiger partial charge in [0.2, 0.25) is 0 Å². The second kappa shape index (κ2) is 6.35. The van der Waals surface area contributed by atoms with Gasteiger partial charge in [0.25, 0.3) is 11.6 Å². The van der Waals surface area contributed by atoms with Gasteiger partial charge in [0, 0.05) is 12.0 Å². The summed E-state index contributed by atoms with van der Waals surface area (Å²) in [6.45, 7) is 2.34. The van der Waals surface area contributed by atoms with E-state index in [0.717, 1.165) is 12.2 Å². The summed E-state index contributed by atoms with van der Waals surface area (Å²) in [6.07, 6.45) is 1.12. The largest absolute Gasteiger partial charge is 0.497 e. The number of nitrogens with zero attached hydrogens (tertiary/aromatic N) is 1. The second-order valence-electron chi connectivity index (χ2n) is 5.95. The molecule has 1 aromatic carbocycles. The maximum Gasteiger partial charge on any atom is 0.282 e. The number of ether oxygens (including phenoxy) is 1. The highest BCUT2D eigenvalue weighted by Gasteiger charge is 2.36. The molecule has 0 unspecified atom stereocenters. The Labute approximate surface area is 138 Å². The third-order valence-electron chi connectivity index (χ3n) is 4.23. The molecule has 24 heavy (non-hydrogen) atoms. The first kappa shape index (κ1) is 16.0. The fourth-order valence-electron chi connectivity index (χ4n) is 2.65. The van der Waals surface area contributed by atoms with Crippen molar-refractivity contribution in [1.29, 1.82) is 0 Å². The number of benzene rings is 1. The number of carbonyl (C=O) groups excluding carboxylic acids is 1. The molecule has 0 aliphatic heterocycles. The molecule has 1 heterocycles. The van der Waals surface area contributed by atoms with Gasteiger partial charge in [-0.25, -0.2) is 0 Å². The van der Waals surface area contributed by atoms with Gasteiger partial charge < -0.3 is 14.5 Å². The summed E-state index contributed by atoms with van der Waals surface area (Å²) in [6, 6.07) is 7.80. The van der Waals surface area contributed by atoms with Crippen LogP contribution in [0.15, 0.2) is 34.7 Å². The van der Waals surface area contributed by atoms with E-state index in [4.69, 9.17) is 9.15 Å². The monoisotopic (exact) mass is 330 g/mol. The summed E-state index contributed by atoms with van der Waals surface area (Å²) < 4.78 is 10.7. The lowest BCUT2D eigenvalue weighted by atomic mass is 10.1. The van der Waals surface area contributed by atoms with Gasteiger partial charge in [-0.1, -0.05) is 6.92 Å². The van der Waals surface area contributed by atoms with E-state index < -0.39 is 10.8 Å². The third kappa shape index (κ3) is 3.24. The van der Waals surface area contributed by atoms with Crippen LogP contribution in [0, 0.1) is 16.0 Å². The molecule has 0 saturated heterocycles. The predicted octanol–water partition coefficient (Wildman–Crippen LogP) is 3.25. The molecule has 2 aromatic rings. The van der Waals surface area contributed by atoms with E-state index in [-0.39, 0.29) is 17.8 Å². The molecule has 1 aliphatic rings. The Kier molecular flexibility index (Phi) is 4.24. The fraction of sp³-hybridized carbons (Fsp3) is 0.353. The lowest BCUT2D eigenvalue weighted by Crippen LogP contribution is -2.23. The Morgan fingerprint density at radius 1 is 1.42 bits per heavy atom. The molecule has 3 rings (SSSR count). The average molecular weight is 330 g/mol. The number of amides is 1. The van der Waals surface area contributed by atoms with Crippen LogP contribution in [0.2, 0.25) is 0 Å². The molecular formula is C17H18N2O5. The Morgan fingerprint density at radius 2 is 2.17 bits per heavy atom. The number of hydrogen-bond acceptors (Lipinski definition) is 5. The highest BCUT2D eigenvalue weighted by atomic mass is 16.6. The molecular weight excluding hydrogens is 312 g/mol. The molecule has 1 fully saturated rings. The number of carbonyl (C=O) groups is 1. The van der Waals surface area contributed by atoms with E-state index in [1.54, 1.807) is 0 Å². The standard InChI is InChI=1S/C17H18N2O5/c1-10-7-13(10)16-6-4-12(24-16)9-18-17(20)14-8-11(23-2)3-5-15(14)19(21)22/h3-6,8,10,13H,7,9H2,1-2H3,(H,18,20)/t10-,13-/m0/s1. The number of nitrogens with one attached hydrogen (secondary N) is 1. The van der Waals surface area contributed by atoms with Crippen molar-refractivity contribution >= 4 is 11.6 Å². The van der Waals surface area contributed by atoms with Crippen LogP contribution in [0.25, 0.3) is 0 Å². The van der Waals surface area contributed by atoms with Crippen molar-refractivity contribution in [3.05, 3.63) is 57.5 Å². The van der Waals surface area contributed by atoms with Crippen molar-refractivity contribution in [3.8, 4) is 5.75 Å². The zero-order valence-corrected chi connectivity index (χ0v) is 13.4. The minimum atomic E-state index is -0.589. The van der Waals surface area contributed by atoms with Gasteiger partial charge in [0.05, 0.1) is 18.6 Å². The highest BCUT2D eigenvalue weighted by Crippen LogP contribution is 2.47. The van der Waals surface area contributed by atoms with Crippen molar-refractivity contribution in [2.75, 3.05) is 7.11 Å². The van der Waals surface area contributed by atoms with Crippen molar-refractivity contribution in [1.82, 2.24) is 5.32 Å². The van der Waals surface area contributed by atoms with E-state index in [0.29, 0.717) is 23.3 Å². The number of hydrogen-bond donors (Lipinski definition) is 1. The highest BCUT2D eigenvalue weighted by molar-refractivity contribution is 5.98. The van der Waals surface area contributed by atoms with Gasteiger partial charge in [-0.15, -0.1) is 0 Å². The van der Waals surface area contributed by atoms with Crippen LogP contribution in [0.5, 0.6) is 5.75 Å². The van der Waals surface area contributed by atoms with Gasteiger partial charge >= 0.3 is 0 Å². The molecule has 1 aromatic heterocycles. The van der Waals surface area contributed by atoms with Crippen LogP contribution >= 0.6 is 0 Å². The number of methoxy groups -OCH3 is 1. The maximum absolute atomic E-state index is 12.3. The first-order valence-corrected chi connectivity index (χ1v) is 7.69. The lowest BCUT2D eigenvalue weighted by Gasteiger charge is -2.06. The molecule has 1 saturated carbocycles. The number of nitro groups is 1. The summed E-state index contributed by atoms with van der Waals surface area (Å²) in [7, 11) is 1.44. The second-order valence-corrected chi connectivity index (χ2v) is 5.95. The number of furan rings is 1. The smallest absolute Gasteiger partial charge is 0.282 e. The van der Waals surface area contributed by atoms with E-state index in [1.165, 1.54) is 25.3 Å². The number of rotatable bonds is 6. The zero-order chi connectivity index (χ0) is 17.3. The molecule has 0 bridgehead atoms. The van der Waals surface area contributed by atoms with Crippen molar-refractivity contribution in [2.24, 2.45) is 5.92 Å². The fourth-order valence-corrected chi connectivity index (χ4v) is 2.65. The lowest BCUT2D eigenvalue weighted by molar-refractivity contribution is -0.385. The molecule has 0 spiro atoms. The molecule has 1 N–H and O–H groups in total. The van der Waals surface area contributed by atoms with Crippen LogP contribution in [-0.4, -0.2) is 17.9 Å². The maximum atomic E-state index is 12.3. The minimum Gasteiger partial charge on any atom is -0.497 e. The summed E-state index contributed by atoms with van der Waals surface area (Å²) in [5, 5.41) is 13.7. The van der Waals surface area contributed by atoms with Crippen molar-refractivity contribution < 1.29 is 18.9 Å². The van der Waals surface area contributed by atoms with E-state index in [2.05, 4.69) is 12.2 Å². The summed E-state index contributed by atoms with van der Waals surface area (Å²) >= 11 is 0. The third-order valence-corrected chi connectivity index (χ3v) is 4.23. The predicted molar refractivity (Wildman–Crippen MR) is 86.0 cm³/mol. The normalized spacial score (nSPS) is 18.9. The zero-order valence-electron chi connectivity index (χ0n) is 13.4. The molecule has 7 nitrogen and oxygen atoms in total. The van der Waals surface area contributed by atoms with E-state index in [1.807, 2.05) is 12.1 Å². The Hall–Kier alpha value is -2.83. The average Bonchev–Trinajstić information content (AvgIpc) is 3.12. The topological polar surface area (TPSA) is 94.6 Å². The Balaban J connectivity index is 1.70. The summed E-state index contributed by atoms with van der Waals surface area (Å²) in [4.78, 5) is 22.8. The first-order chi connectivity index (χ1) is 11.5. The quantitative estimate of drug-likeness (QED) is 0.648. The first-order valence-electron chi connectivity index (χ1n) is 7.69. The molecule has 1 aliphatic carbocycles. The van der Waals surface area contributed by atoms with Crippen LogP contribution in [-0.2, 0) is 6.54 Å². The van der Waals surface area contributed by atoms with Crippen LogP contribution in [0.1, 0.15) is 41.1 Å². The van der Waals surface area contributed by atoms with E-state index >= 15 is 0 Å². The SMILES string of the molecule is COc1ccc([N+](=O)[O-])c(C(=O)NCc2ccc([C@H]3C[C@@H]3C)o2)c1. The van der Waals surface area contributed by atoms with Crippen LogP contribution in [0.3, 0.4) is 0 Å². The van der Waals surface area contributed by atoms with Crippen LogP contribution in [0.4, 0.5) is 5.69 Å². The minimum absolute atomic E-state index is 0.0399. The number of nitro benzene ring substituents is 1. The van der Waals surface area contributed by atoms with E-state index in [9.17, 15) is 14.9 Å². The van der Waals surface area contributed by atoms with Gasteiger partial charge in [-0.05, 0) is 36.6 Å². The Bertz CT molecular complexity index is 783. The van der Waals surface area contributed by atoms with Gasteiger partial charge in [-0.2, -0.15) is 0 Å². The van der Waals surface area contributed by atoms with Crippen molar-refractivity contribution in [3.63, 3.8) is 0 Å². The molecule has 7 heteroatoms. The summed E-state index contributed by atoms with van der Waals surface area (Å²) in [5.74, 6) is 2.50. The van der Waals surface area contributed by atoms with Gasteiger partial charge in [0.1, 0.15) is 22.8 Å². The summed E-state index contributed by atoms with van der Waals surface area (Å²) in [5.41, 5.74) is -0.304. The van der Waals surface area contributed by atoms with Gasteiger partial charge in [-0.3, -0.25) is 14.9 Å². The molecule has 2 atom stereocenters. The molecule has 1 amide bonds. The molecule has 126 valence electrons. The molecule has 0 radical (unpaired) electrons. The Morgan fingerprint density at radius 3 is 2.79 bits per heavy atom. The van der Waals surface area contributed by atoms with Crippen molar-refractivity contribution in [2.45, 2.75) is 25.8 Å². The van der Waals surface area contributed by atoms with Gasteiger partial charge in [0.15, 0.2) is 0 Å².